The molecule has 0 aliphatic carbocycles. The van der Waals surface area contributed by atoms with Gasteiger partial charge in [0, 0.05) is 60.6 Å². The van der Waals surface area contributed by atoms with E-state index in [-0.39, 0.29) is 11.4 Å². The van der Waals surface area contributed by atoms with E-state index in [0.717, 1.165) is 55.8 Å². The fourth-order valence-electron chi connectivity index (χ4n) is 5.40. The standard InChI is InChI=1S/C24H32N6O/c1-4-25-23(31)29-10-7-24(8-11-29)6-5-9-30-21(24)13-20(28-30)17-12-18-19(16(2)3)15-27-22(18)26-14-17/h12-16H,4-11H2,1-3H3,(H,25,31)(H,26,27). The van der Waals surface area contributed by atoms with E-state index in [1.54, 1.807) is 0 Å². The molecule has 0 radical (unpaired) electrons. The van der Waals surface area contributed by atoms with Gasteiger partial charge in [-0.05, 0) is 56.2 Å². The van der Waals surface area contributed by atoms with Crippen molar-refractivity contribution in [2.75, 3.05) is 19.6 Å². The van der Waals surface area contributed by atoms with Crippen LogP contribution in [0.15, 0.2) is 24.5 Å². The third-order valence-corrected chi connectivity index (χ3v) is 7.17. The molecule has 7 nitrogen and oxygen atoms in total. The lowest BCUT2D eigenvalue weighted by Gasteiger charge is -2.44. The molecule has 1 saturated heterocycles. The highest BCUT2D eigenvalue weighted by Gasteiger charge is 2.41. The summed E-state index contributed by atoms with van der Waals surface area (Å²) in [5.41, 5.74) is 5.77. The van der Waals surface area contributed by atoms with Crippen LogP contribution in [-0.4, -0.2) is 50.3 Å². The quantitative estimate of drug-likeness (QED) is 0.659. The van der Waals surface area contributed by atoms with Gasteiger partial charge < -0.3 is 15.2 Å². The Morgan fingerprint density at radius 3 is 2.77 bits per heavy atom. The van der Waals surface area contributed by atoms with Gasteiger partial charge in [0.25, 0.3) is 0 Å². The van der Waals surface area contributed by atoms with Crippen LogP contribution in [0.2, 0.25) is 0 Å². The number of pyridine rings is 1. The number of nitrogens with zero attached hydrogens (tertiary/aromatic N) is 4. The molecular weight excluding hydrogens is 388 g/mol. The minimum absolute atomic E-state index is 0.0641. The van der Waals surface area contributed by atoms with Crippen molar-refractivity contribution in [3.8, 4) is 11.3 Å². The lowest BCUT2D eigenvalue weighted by Crippen LogP contribution is -2.50. The second-order valence-electron chi connectivity index (χ2n) is 9.36. The maximum atomic E-state index is 12.3. The number of likely N-dealkylation sites (tertiary alicyclic amines) is 1. The Morgan fingerprint density at radius 2 is 2.03 bits per heavy atom. The van der Waals surface area contributed by atoms with Crippen LogP contribution in [-0.2, 0) is 12.0 Å². The first-order chi connectivity index (χ1) is 15.0. The summed E-state index contributed by atoms with van der Waals surface area (Å²) in [4.78, 5) is 22.2. The van der Waals surface area contributed by atoms with Gasteiger partial charge in [-0.3, -0.25) is 4.68 Å². The molecule has 164 valence electrons. The fourth-order valence-corrected chi connectivity index (χ4v) is 5.40. The molecule has 0 bridgehead atoms. The first-order valence-electron chi connectivity index (χ1n) is 11.6. The molecule has 0 atom stereocenters. The Labute approximate surface area is 183 Å². The molecule has 7 heteroatoms. The van der Waals surface area contributed by atoms with Crippen molar-refractivity contribution in [1.29, 1.82) is 0 Å². The molecule has 5 heterocycles. The topological polar surface area (TPSA) is 78.8 Å². The van der Waals surface area contributed by atoms with Gasteiger partial charge in [0.2, 0.25) is 0 Å². The summed E-state index contributed by atoms with van der Waals surface area (Å²) in [6.45, 7) is 9.64. The first kappa shape index (κ1) is 20.1. The molecular formula is C24H32N6O. The van der Waals surface area contributed by atoms with Gasteiger partial charge in [-0.25, -0.2) is 9.78 Å². The number of aryl methyl sites for hydroxylation is 1. The van der Waals surface area contributed by atoms with Gasteiger partial charge in [0.1, 0.15) is 5.65 Å². The molecule has 0 saturated carbocycles. The molecule has 5 rings (SSSR count). The number of H-pyrrole nitrogens is 1. The van der Waals surface area contributed by atoms with E-state index in [0.29, 0.717) is 12.5 Å². The van der Waals surface area contributed by atoms with Crippen molar-refractivity contribution in [3.05, 3.63) is 35.8 Å². The van der Waals surface area contributed by atoms with Crippen LogP contribution in [0.5, 0.6) is 0 Å². The Kier molecular flexibility index (Phi) is 4.99. The van der Waals surface area contributed by atoms with Crippen molar-refractivity contribution in [2.24, 2.45) is 0 Å². The van der Waals surface area contributed by atoms with Crippen molar-refractivity contribution in [1.82, 2.24) is 30.0 Å². The van der Waals surface area contributed by atoms with Crippen LogP contribution >= 0.6 is 0 Å². The lowest BCUT2D eigenvalue weighted by atomic mass is 9.70. The van der Waals surface area contributed by atoms with E-state index in [1.807, 2.05) is 18.0 Å². The Bertz CT molecular complexity index is 1100. The number of hydrogen-bond donors (Lipinski definition) is 2. The molecule has 0 aromatic carbocycles. The van der Waals surface area contributed by atoms with E-state index in [9.17, 15) is 4.79 Å². The SMILES string of the molecule is CCNC(=O)N1CCC2(CCCn3nc(-c4cnc5[nH]cc(C(C)C)c5c4)cc32)CC1. The summed E-state index contributed by atoms with van der Waals surface area (Å²) in [6.07, 6.45) is 8.32. The molecule has 0 unspecified atom stereocenters. The monoisotopic (exact) mass is 420 g/mol. The smallest absolute Gasteiger partial charge is 0.317 e. The number of aromatic nitrogens is 4. The van der Waals surface area contributed by atoms with E-state index in [2.05, 4.69) is 52.1 Å². The van der Waals surface area contributed by atoms with E-state index >= 15 is 0 Å². The number of carbonyl (C=O) groups is 1. The zero-order chi connectivity index (χ0) is 21.6. The van der Waals surface area contributed by atoms with Crippen LogP contribution in [0.3, 0.4) is 0 Å². The molecule has 1 spiro atoms. The normalized spacial score (nSPS) is 18.0. The highest BCUT2D eigenvalue weighted by atomic mass is 16.2. The van der Waals surface area contributed by atoms with E-state index < -0.39 is 0 Å². The first-order valence-corrected chi connectivity index (χ1v) is 11.6. The Morgan fingerprint density at radius 1 is 1.23 bits per heavy atom. The molecule has 2 aliphatic rings. The average molecular weight is 421 g/mol. The molecule has 2 amide bonds. The van der Waals surface area contributed by atoms with Crippen molar-refractivity contribution in [3.63, 3.8) is 0 Å². The second-order valence-corrected chi connectivity index (χ2v) is 9.36. The molecule has 31 heavy (non-hydrogen) atoms. The number of fused-ring (bicyclic) bond motifs is 3. The van der Waals surface area contributed by atoms with Crippen molar-refractivity contribution >= 4 is 17.1 Å². The fraction of sp³-hybridized carbons (Fsp3) is 0.542. The molecule has 2 aliphatic heterocycles. The van der Waals surface area contributed by atoms with Crippen LogP contribution in [0.1, 0.15) is 63.6 Å². The maximum Gasteiger partial charge on any atom is 0.317 e. The number of hydrogen-bond acceptors (Lipinski definition) is 3. The number of piperidine rings is 1. The van der Waals surface area contributed by atoms with Gasteiger partial charge in [0.15, 0.2) is 0 Å². The highest BCUT2D eigenvalue weighted by molar-refractivity contribution is 5.84. The number of urea groups is 1. The zero-order valence-corrected chi connectivity index (χ0v) is 18.7. The summed E-state index contributed by atoms with van der Waals surface area (Å²) in [7, 11) is 0. The van der Waals surface area contributed by atoms with Gasteiger partial charge in [-0.2, -0.15) is 5.10 Å². The number of carbonyl (C=O) groups excluding carboxylic acids is 1. The third kappa shape index (κ3) is 3.40. The predicted octanol–water partition coefficient (Wildman–Crippen LogP) is 4.41. The highest BCUT2D eigenvalue weighted by Crippen LogP contribution is 2.43. The van der Waals surface area contributed by atoms with Crippen LogP contribution in [0.4, 0.5) is 4.79 Å². The predicted molar refractivity (Wildman–Crippen MR) is 122 cm³/mol. The maximum absolute atomic E-state index is 12.3. The number of rotatable bonds is 3. The summed E-state index contributed by atoms with van der Waals surface area (Å²) >= 11 is 0. The van der Waals surface area contributed by atoms with E-state index in [1.165, 1.54) is 23.1 Å². The molecule has 3 aromatic rings. The molecule has 3 aromatic heterocycles. The summed E-state index contributed by atoms with van der Waals surface area (Å²) in [6, 6.07) is 4.58. The van der Waals surface area contributed by atoms with Crippen LogP contribution in [0, 0.1) is 0 Å². The van der Waals surface area contributed by atoms with Crippen molar-refractivity contribution in [2.45, 2.75) is 64.3 Å². The second kappa shape index (κ2) is 7.70. The molecule has 2 N–H and O–H groups in total. The van der Waals surface area contributed by atoms with Gasteiger partial charge in [-0.1, -0.05) is 13.8 Å². The lowest BCUT2D eigenvalue weighted by molar-refractivity contribution is 0.139. The largest absolute Gasteiger partial charge is 0.346 e. The molecule has 1 fully saturated rings. The van der Waals surface area contributed by atoms with Gasteiger partial charge >= 0.3 is 6.03 Å². The summed E-state index contributed by atoms with van der Waals surface area (Å²) < 4.78 is 2.21. The van der Waals surface area contributed by atoms with Gasteiger partial charge in [-0.15, -0.1) is 0 Å². The van der Waals surface area contributed by atoms with E-state index in [4.69, 9.17) is 5.10 Å². The van der Waals surface area contributed by atoms with Crippen LogP contribution in [0.25, 0.3) is 22.3 Å². The van der Waals surface area contributed by atoms with Crippen molar-refractivity contribution < 1.29 is 4.79 Å². The number of nitrogens with one attached hydrogen (secondary N) is 2. The Hall–Kier alpha value is -2.83. The summed E-state index contributed by atoms with van der Waals surface area (Å²) in [5, 5.41) is 9.11. The zero-order valence-electron chi connectivity index (χ0n) is 18.7. The number of aromatic amines is 1. The van der Waals surface area contributed by atoms with Gasteiger partial charge in [0.05, 0.1) is 5.69 Å². The average Bonchev–Trinajstić information content (AvgIpc) is 3.39. The summed E-state index contributed by atoms with van der Waals surface area (Å²) in [5.74, 6) is 0.444. The Balaban J connectivity index is 1.45. The minimum Gasteiger partial charge on any atom is -0.346 e. The minimum atomic E-state index is 0.0641. The van der Waals surface area contributed by atoms with Crippen LogP contribution < -0.4 is 5.32 Å². The third-order valence-electron chi connectivity index (χ3n) is 7.17. The number of amides is 2.